The summed E-state index contributed by atoms with van der Waals surface area (Å²) in [6.07, 6.45) is 0.345. The predicted octanol–water partition coefficient (Wildman–Crippen LogP) is 10.3. The normalized spacial score (nSPS) is 18.6. The number of halogens is 5. The van der Waals surface area contributed by atoms with Crippen molar-refractivity contribution in [2.75, 3.05) is 65.2 Å². The van der Waals surface area contributed by atoms with Crippen molar-refractivity contribution in [3.63, 3.8) is 0 Å². The van der Waals surface area contributed by atoms with Gasteiger partial charge in [-0.25, -0.2) is 8.78 Å². The van der Waals surface area contributed by atoms with Crippen molar-refractivity contribution in [2.24, 2.45) is 10.4 Å². The van der Waals surface area contributed by atoms with Crippen LogP contribution in [0.5, 0.6) is 5.75 Å². The van der Waals surface area contributed by atoms with E-state index in [1.165, 1.54) is 55.6 Å². The Labute approximate surface area is 482 Å². The summed E-state index contributed by atoms with van der Waals surface area (Å²) in [4.78, 5) is 47.4. The number of hydrogen-bond donors (Lipinski definition) is 4. The molecule has 2 aliphatic rings. The number of aromatic nitrogens is 3. The van der Waals surface area contributed by atoms with Crippen LogP contribution in [0.1, 0.15) is 100 Å². The summed E-state index contributed by atoms with van der Waals surface area (Å²) < 4.78 is 56.8. The summed E-state index contributed by atoms with van der Waals surface area (Å²) in [5.74, 6) is -2.77. The SMILES string of the molecule is COc1cc(C(=O)NCCOCCOCCOCCNC(=O)CC2N=C(c3ccc(Cl)cc3)c3c(sc(C)c3C)-n3c(C)nnc32)ccc1NC(=O)C1NC(CC(C)(C)C)[C@](C#N)(c2ccc(Cl)cc2F)C1c1cccc(Cl)c1F. The number of hydrogen-bond acceptors (Lipinski definition) is 13. The third-order valence-electron chi connectivity index (χ3n) is 14.0. The lowest BCUT2D eigenvalue weighted by Gasteiger charge is -2.37. The van der Waals surface area contributed by atoms with Crippen LogP contribution in [-0.2, 0) is 29.2 Å². The highest BCUT2D eigenvalue weighted by molar-refractivity contribution is 7.15. The second kappa shape index (κ2) is 26.1. The Balaban J connectivity index is 0.776. The molecule has 3 amide bonds. The molecule has 5 atom stereocenters. The van der Waals surface area contributed by atoms with E-state index in [4.69, 9.17) is 58.7 Å². The summed E-state index contributed by atoms with van der Waals surface area (Å²) in [5, 5.41) is 33.4. The van der Waals surface area contributed by atoms with Gasteiger partial charge in [0.2, 0.25) is 11.8 Å². The number of amides is 3. The maximum atomic E-state index is 16.2. The van der Waals surface area contributed by atoms with Gasteiger partial charge in [-0.1, -0.05) is 85.9 Å². The lowest BCUT2D eigenvalue weighted by molar-refractivity contribution is -0.121. The van der Waals surface area contributed by atoms with E-state index >= 15 is 8.78 Å². The molecule has 0 spiro atoms. The van der Waals surface area contributed by atoms with Gasteiger partial charge in [-0.3, -0.25) is 23.9 Å². The first-order valence-corrected chi connectivity index (χ1v) is 27.9. The molecule has 4 unspecified atom stereocenters. The van der Waals surface area contributed by atoms with E-state index in [0.29, 0.717) is 29.9 Å². The van der Waals surface area contributed by atoms with Crippen molar-refractivity contribution in [3.8, 4) is 16.8 Å². The molecule has 22 heteroatoms. The fraction of sp³-hybridized carbons (Fsp3) is 0.397. The van der Waals surface area contributed by atoms with Crippen molar-refractivity contribution < 1.29 is 42.1 Å². The van der Waals surface area contributed by atoms with Crippen molar-refractivity contribution in [1.82, 2.24) is 30.7 Å². The Kier molecular flexibility index (Phi) is 19.5. The first-order chi connectivity index (χ1) is 38.3. The Morgan fingerprint density at radius 2 is 1.54 bits per heavy atom. The zero-order valence-corrected chi connectivity index (χ0v) is 48.4. The van der Waals surface area contributed by atoms with Gasteiger partial charge in [-0.05, 0) is 92.3 Å². The number of nitrogens with one attached hydrogen (secondary N) is 4. The van der Waals surface area contributed by atoms with Crippen LogP contribution in [-0.4, -0.2) is 110 Å². The summed E-state index contributed by atoms with van der Waals surface area (Å²) in [6, 6.07) is 19.8. The standard InChI is InChI=1S/C58H62Cl3F2N9O7S/c1-32-33(2)80-56-48(32)51(35-11-14-37(59)15-12-35)67-44(53-71-70-34(3)72(53)56)29-47(73)65-19-21-77-23-25-79-26-24-78-22-20-66-54(74)36-13-18-43(45(27-36)76-7)68-55(75)52-49(39-9-8-10-41(61)50(39)63)58(31-64,46(69-52)30-57(4,5)6)40-17-16-38(60)28-42(40)62/h8-18,27-28,44,46,49,52,69H,19-26,29-30H2,1-7H3,(H,65,73)(H,66,74)(H,68,75)/t44?,46?,49?,52?,58-/m0/s1. The molecule has 1 saturated heterocycles. The van der Waals surface area contributed by atoms with Gasteiger partial charge in [0, 0.05) is 62.2 Å². The van der Waals surface area contributed by atoms with Crippen LogP contribution in [0.4, 0.5) is 14.5 Å². The van der Waals surface area contributed by atoms with E-state index in [-0.39, 0.29) is 96.4 Å². The number of rotatable bonds is 22. The van der Waals surface area contributed by atoms with E-state index in [0.717, 1.165) is 38.3 Å². The molecule has 1 fully saturated rings. The quantitative estimate of drug-likeness (QED) is 0.0471. The summed E-state index contributed by atoms with van der Waals surface area (Å²) in [7, 11) is 1.38. The second-order valence-corrected chi connectivity index (χ2v) is 23.1. The predicted molar refractivity (Wildman–Crippen MR) is 305 cm³/mol. The molecule has 4 N–H and O–H groups in total. The molecule has 8 rings (SSSR count). The number of nitrogens with zero attached hydrogens (tertiary/aromatic N) is 5. The average molecular weight is 1170 g/mol. The van der Waals surface area contributed by atoms with Gasteiger partial charge in [-0.15, -0.1) is 21.5 Å². The summed E-state index contributed by atoms with van der Waals surface area (Å²) in [5.41, 5.74) is 1.81. The molecule has 0 saturated carbocycles. The molecule has 4 heterocycles. The van der Waals surface area contributed by atoms with E-state index in [1.807, 2.05) is 56.5 Å². The number of nitriles is 1. The topological polar surface area (TPSA) is 203 Å². The minimum atomic E-state index is -1.82. The number of aliphatic imine (C=N–C) groups is 1. The second-order valence-electron chi connectivity index (χ2n) is 20.6. The van der Waals surface area contributed by atoms with Crippen LogP contribution in [0.25, 0.3) is 5.00 Å². The van der Waals surface area contributed by atoms with Gasteiger partial charge in [0.05, 0.1) is 81.7 Å². The maximum absolute atomic E-state index is 16.2. The van der Waals surface area contributed by atoms with Crippen molar-refractivity contribution in [3.05, 3.63) is 155 Å². The fourth-order valence-electron chi connectivity index (χ4n) is 10.2. The van der Waals surface area contributed by atoms with Gasteiger partial charge in [0.15, 0.2) is 5.82 Å². The smallest absolute Gasteiger partial charge is 0.251 e. The Bertz CT molecular complexity index is 3330. The van der Waals surface area contributed by atoms with E-state index in [1.54, 1.807) is 11.3 Å². The molecule has 16 nitrogen and oxygen atoms in total. The van der Waals surface area contributed by atoms with E-state index in [9.17, 15) is 19.6 Å². The van der Waals surface area contributed by atoms with Gasteiger partial charge in [0.1, 0.15) is 39.7 Å². The number of anilines is 1. The van der Waals surface area contributed by atoms with Gasteiger partial charge < -0.3 is 40.2 Å². The van der Waals surface area contributed by atoms with Crippen LogP contribution < -0.4 is 26.0 Å². The first kappa shape index (κ1) is 59.8. The van der Waals surface area contributed by atoms with E-state index < -0.39 is 58.3 Å². The number of methoxy groups -OCH3 is 1. The zero-order chi connectivity index (χ0) is 57.5. The number of fused-ring (bicyclic) bond motifs is 3. The number of carbonyl (C=O) groups is 3. The molecule has 0 aliphatic carbocycles. The summed E-state index contributed by atoms with van der Waals surface area (Å²) in [6.45, 7) is 14.0. The van der Waals surface area contributed by atoms with Crippen LogP contribution in [0.3, 0.4) is 0 Å². The van der Waals surface area contributed by atoms with Crippen molar-refractivity contribution in [2.45, 2.75) is 83.8 Å². The third kappa shape index (κ3) is 13.2. The lowest BCUT2D eigenvalue weighted by Crippen LogP contribution is -2.45. The van der Waals surface area contributed by atoms with Gasteiger partial charge >= 0.3 is 0 Å². The summed E-state index contributed by atoms with van der Waals surface area (Å²) >= 11 is 20.3. The highest BCUT2D eigenvalue weighted by Gasteiger charge is 2.61. The molecule has 2 aliphatic heterocycles. The van der Waals surface area contributed by atoms with Gasteiger partial charge in [-0.2, -0.15) is 5.26 Å². The van der Waals surface area contributed by atoms with Crippen LogP contribution in [0, 0.1) is 49.2 Å². The Hall–Kier alpha value is -6.34. The maximum Gasteiger partial charge on any atom is 0.251 e. The molecule has 422 valence electrons. The minimum absolute atomic E-state index is 0.0499. The highest BCUT2D eigenvalue weighted by Crippen LogP contribution is 2.53. The average Bonchev–Trinajstić information content (AvgIpc) is 4.24. The monoisotopic (exact) mass is 1170 g/mol. The molecular formula is C58H62Cl3F2N9O7S. The zero-order valence-electron chi connectivity index (χ0n) is 45.3. The number of aryl methyl sites for hydroxylation is 2. The molecule has 0 bridgehead atoms. The molecule has 6 aromatic rings. The molecule has 80 heavy (non-hydrogen) atoms. The molecular weight excluding hydrogens is 1110 g/mol. The highest BCUT2D eigenvalue weighted by atomic mass is 35.5. The number of thiophene rings is 1. The molecule has 2 aromatic heterocycles. The number of carbonyl (C=O) groups excluding carboxylic acids is 3. The van der Waals surface area contributed by atoms with Crippen LogP contribution in [0.15, 0.2) is 83.9 Å². The first-order valence-electron chi connectivity index (χ1n) is 26.0. The Morgan fingerprint density at radius 1 is 0.863 bits per heavy atom. The Morgan fingerprint density at radius 3 is 2.20 bits per heavy atom. The minimum Gasteiger partial charge on any atom is -0.495 e. The lowest BCUT2D eigenvalue weighted by atomic mass is 9.62. The van der Waals surface area contributed by atoms with Crippen molar-refractivity contribution >= 4 is 75.3 Å². The number of benzene rings is 4. The van der Waals surface area contributed by atoms with Crippen LogP contribution >= 0.6 is 46.1 Å². The third-order valence-corrected chi connectivity index (χ3v) is 16.0. The number of ether oxygens (including phenoxy) is 4. The van der Waals surface area contributed by atoms with E-state index in [2.05, 4.69) is 51.4 Å². The largest absolute Gasteiger partial charge is 0.495 e. The fourth-order valence-corrected chi connectivity index (χ4v) is 11.9. The van der Waals surface area contributed by atoms with Gasteiger partial charge in [0.25, 0.3) is 5.91 Å². The van der Waals surface area contributed by atoms with Crippen molar-refractivity contribution in [1.29, 1.82) is 5.26 Å². The molecule has 0 radical (unpaired) electrons. The molecule has 4 aromatic carbocycles. The van der Waals surface area contributed by atoms with Crippen LogP contribution in [0.2, 0.25) is 15.1 Å².